The van der Waals surface area contributed by atoms with Crippen molar-refractivity contribution < 1.29 is 13.6 Å². The third kappa shape index (κ3) is 3.71. The number of halogens is 2. The van der Waals surface area contributed by atoms with Gasteiger partial charge in [-0.05, 0) is 60.2 Å². The number of carbonyl (C=O) groups is 1. The van der Waals surface area contributed by atoms with Crippen LogP contribution in [0.4, 0.5) is 4.39 Å². The number of aromatic nitrogens is 1. The van der Waals surface area contributed by atoms with Crippen molar-refractivity contribution in [3.05, 3.63) is 101 Å². The molecule has 0 radical (unpaired) electrons. The largest absolute Gasteiger partial charge is 0.465 e. The van der Waals surface area contributed by atoms with Crippen LogP contribution in [-0.4, -0.2) is 10.4 Å². The molecule has 2 aromatic carbocycles. The van der Waals surface area contributed by atoms with E-state index in [0.29, 0.717) is 22.9 Å². The number of ketones is 1. The molecule has 3 nitrogen and oxygen atoms in total. The number of rotatable bonds is 5. The molecule has 5 heteroatoms. The highest BCUT2D eigenvalue weighted by molar-refractivity contribution is 6.31. The number of allylic oxidation sites excluding steroid dienone is 1. The Morgan fingerprint density at radius 3 is 2.70 bits per heavy atom. The first-order valence-electron chi connectivity index (χ1n) is 8.39. The van der Waals surface area contributed by atoms with Crippen molar-refractivity contribution in [1.82, 2.24) is 4.57 Å². The average molecular weight is 380 g/mol. The Balaban J connectivity index is 1.72. The predicted molar refractivity (Wildman–Crippen MR) is 105 cm³/mol. The fraction of sp³-hybridized carbons (Fsp3) is 0.0455. The van der Waals surface area contributed by atoms with Gasteiger partial charge in [-0.1, -0.05) is 23.7 Å². The zero-order valence-corrected chi connectivity index (χ0v) is 15.0. The number of furan rings is 1. The van der Waals surface area contributed by atoms with E-state index >= 15 is 0 Å². The number of nitrogens with zero attached hydrogens (tertiary/aromatic N) is 1. The fourth-order valence-electron chi connectivity index (χ4n) is 3.02. The van der Waals surface area contributed by atoms with Gasteiger partial charge in [0.2, 0.25) is 0 Å². The molecule has 4 rings (SSSR count). The molecule has 2 aromatic heterocycles. The Kier molecular flexibility index (Phi) is 4.65. The van der Waals surface area contributed by atoms with Crippen LogP contribution in [0.1, 0.15) is 21.7 Å². The summed E-state index contributed by atoms with van der Waals surface area (Å²) in [6.45, 7) is 0.521. The lowest BCUT2D eigenvalue weighted by molar-refractivity contribution is 0.104. The minimum absolute atomic E-state index is 0.142. The van der Waals surface area contributed by atoms with Crippen LogP contribution in [0, 0.1) is 5.82 Å². The summed E-state index contributed by atoms with van der Waals surface area (Å²) < 4.78 is 20.3. The normalized spacial score (nSPS) is 11.5. The van der Waals surface area contributed by atoms with Crippen molar-refractivity contribution in [3.63, 3.8) is 0 Å². The van der Waals surface area contributed by atoms with E-state index in [-0.39, 0.29) is 11.6 Å². The Labute approximate surface area is 160 Å². The second-order valence-electron chi connectivity index (χ2n) is 6.17. The first kappa shape index (κ1) is 17.3. The lowest BCUT2D eigenvalue weighted by Crippen LogP contribution is -1.98. The Hall–Kier alpha value is -3.11. The number of hydrogen-bond donors (Lipinski definition) is 0. The quantitative estimate of drug-likeness (QED) is 0.316. The molecular weight excluding hydrogens is 365 g/mol. The van der Waals surface area contributed by atoms with Crippen LogP contribution < -0.4 is 0 Å². The van der Waals surface area contributed by atoms with Gasteiger partial charge in [-0.3, -0.25) is 4.79 Å². The van der Waals surface area contributed by atoms with E-state index in [2.05, 4.69) is 0 Å². The van der Waals surface area contributed by atoms with Gasteiger partial charge in [0.15, 0.2) is 5.78 Å². The van der Waals surface area contributed by atoms with Crippen LogP contribution in [0.15, 0.2) is 77.6 Å². The van der Waals surface area contributed by atoms with Gasteiger partial charge in [0, 0.05) is 34.2 Å². The van der Waals surface area contributed by atoms with E-state index < -0.39 is 0 Å². The molecule has 0 bridgehead atoms. The highest BCUT2D eigenvalue weighted by Gasteiger charge is 2.14. The SMILES string of the molecule is O=C(/C=C/c1ccco1)c1cn(Cc2ccc(F)cc2)c2ccc(Cl)cc12. The van der Waals surface area contributed by atoms with Crippen LogP contribution in [0.2, 0.25) is 5.02 Å². The van der Waals surface area contributed by atoms with Gasteiger partial charge in [-0.2, -0.15) is 0 Å². The molecule has 0 aliphatic rings. The Morgan fingerprint density at radius 1 is 1.15 bits per heavy atom. The smallest absolute Gasteiger partial charge is 0.188 e. The van der Waals surface area contributed by atoms with Gasteiger partial charge in [0.25, 0.3) is 0 Å². The van der Waals surface area contributed by atoms with Crippen LogP contribution in [0.25, 0.3) is 17.0 Å². The summed E-state index contributed by atoms with van der Waals surface area (Å²) in [5.41, 5.74) is 2.38. The summed E-state index contributed by atoms with van der Waals surface area (Å²) in [5.74, 6) is 0.190. The van der Waals surface area contributed by atoms with Crippen molar-refractivity contribution in [2.24, 2.45) is 0 Å². The van der Waals surface area contributed by atoms with Gasteiger partial charge in [0.1, 0.15) is 11.6 Å². The molecule has 0 saturated carbocycles. The van der Waals surface area contributed by atoms with Crippen molar-refractivity contribution in [3.8, 4) is 0 Å². The highest BCUT2D eigenvalue weighted by atomic mass is 35.5. The van der Waals surface area contributed by atoms with Gasteiger partial charge in [0.05, 0.1) is 6.26 Å². The number of benzene rings is 2. The van der Waals surface area contributed by atoms with E-state index in [4.69, 9.17) is 16.0 Å². The lowest BCUT2D eigenvalue weighted by Gasteiger charge is -2.05. The minimum Gasteiger partial charge on any atom is -0.465 e. The van der Waals surface area contributed by atoms with Crippen LogP contribution in [-0.2, 0) is 6.54 Å². The average Bonchev–Trinajstić information content (AvgIpc) is 3.30. The molecule has 0 N–H and O–H groups in total. The molecule has 0 saturated heterocycles. The highest BCUT2D eigenvalue weighted by Crippen LogP contribution is 2.27. The minimum atomic E-state index is -0.276. The fourth-order valence-corrected chi connectivity index (χ4v) is 3.19. The predicted octanol–water partition coefficient (Wildman–Crippen LogP) is 5.97. The van der Waals surface area contributed by atoms with Gasteiger partial charge in [-0.25, -0.2) is 4.39 Å². The molecule has 2 heterocycles. The topological polar surface area (TPSA) is 35.1 Å². The second-order valence-corrected chi connectivity index (χ2v) is 6.61. The van der Waals surface area contributed by atoms with Crippen LogP contribution in [0.5, 0.6) is 0 Å². The zero-order chi connectivity index (χ0) is 18.8. The molecule has 27 heavy (non-hydrogen) atoms. The summed E-state index contributed by atoms with van der Waals surface area (Å²) >= 11 is 6.15. The molecule has 0 unspecified atom stereocenters. The van der Waals surface area contributed by atoms with E-state index in [9.17, 15) is 9.18 Å². The van der Waals surface area contributed by atoms with Gasteiger partial charge in [-0.15, -0.1) is 0 Å². The van der Waals surface area contributed by atoms with Crippen LogP contribution in [0.3, 0.4) is 0 Å². The molecule has 0 atom stereocenters. The molecule has 134 valence electrons. The first-order chi connectivity index (χ1) is 13.1. The molecule has 4 aromatic rings. The Morgan fingerprint density at radius 2 is 1.96 bits per heavy atom. The van der Waals surface area contributed by atoms with Crippen molar-refractivity contribution in [2.45, 2.75) is 6.54 Å². The van der Waals surface area contributed by atoms with E-state index in [1.54, 1.807) is 54.9 Å². The summed E-state index contributed by atoms with van der Waals surface area (Å²) in [6.07, 6.45) is 6.48. The Bertz CT molecular complexity index is 1130. The maximum absolute atomic E-state index is 13.2. The van der Waals surface area contributed by atoms with Crippen molar-refractivity contribution in [1.29, 1.82) is 0 Å². The molecule has 0 amide bonds. The summed E-state index contributed by atoms with van der Waals surface area (Å²) in [4.78, 5) is 12.7. The monoisotopic (exact) mass is 379 g/mol. The molecule has 0 aliphatic carbocycles. The molecule has 0 fully saturated rings. The summed E-state index contributed by atoms with van der Waals surface area (Å²) in [6, 6.07) is 15.3. The molecular formula is C22H15ClFNO2. The maximum Gasteiger partial charge on any atom is 0.188 e. The third-order valence-electron chi connectivity index (χ3n) is 4.32. The van der Waals surface area contributed by atoms with Crippen molar-refractivity contribution >= 4 is 34.4 Å². The zero-order valence-electron chi connectivity index (χ0n) is 14.2. The molecule has 0 aliphatic heterocycles. The van der Waals surface area contributed by atoms with Gasteiger partial charge < -0.3 is 8.98 Å². The summed E-state index contributed by atoms with van der Waals surface area (Å²) in [5, 5.41) is 1.34. The van der Waals surface area contributed by atoms with E-state index in [1.165, 1.54) is 18.2 Å². The van der Waals surface area contributed by atoms with E-state index in [1.807, 2.05) is 10.6 Å². The second kappa shape index (κ2) is 7.25. The van der Waals surface area contributed by atoms with E-state index in [0.717, 1.165) is 16.5 Å². The number of carbonyl (C=O) groups excluding carboxylic acids is 1. The van der Waals surface area contributed by atoms with Crippen LogP contribution >= 0.6 is 11.6 Å². The number of hydrogen-bond acceptors (Lipinski definition) is 2. The summed E-state index contributed by atoms with van der Waals surface area (Å²) in [7, 11) is 0. The standard InChI is InChI=1S/C22H15ClFNO2/c23-16-5-9-21-19(12-16)20(22(26)10-8-18-2-1-11-27-18)14-25(21)13-15-3-6-17(24)7-4-15/h1-12,14H,13H2/b10-8+. The van der Waals surface area contributed by atoms with Crippen molar-refractivity contribution in [2.75, 3.05) is 0 Å². The third-order valence-corrected chi connectivity index (χ3v) is 4.55. The lowest BCUT2D eigenvalue weighted by atomic mass is 10.1. The molecule has 0 spiro atoms. The maximum atomic E-state index is 13.2. The van der Waals surface area contributed by atoms with Gasteiger partial charge >= 0.3 is 0 Å². The first-order valence-corrected chi connectivity index (χ1v) is 8.77. The number of fused-ring (bicyclic) bond motifs is 1.